The van der Waals surface area contributed by atoms with Crippen LogP contribution in [0, 0.1) is 0 Å². The lowest BCUT2D eigenvalue weighted by molar-refractivity contribution is -0.137. The van der Waals surface area contributed by atoms with Crippen molar-refractivity contribution in [3.8, 4) is 0 Å². The van der Waals surface area contributed by atoms with Gasteiger partial charge in [-0.05, 0) is 44.0 Å². The summed E-state index contributed by atoms with van der Waals surface area (Å²) in [5.74, 6) is 0. The molecule has 118 valence electrons. The first kappa shape index (κ1) is 16.4. The van der Waals surface area contributed by atoms with Crippen molar-refractivity contribution in [1.29, 1.82) is 0 Å². The number of hydrogen-bond donors (Lipinski definition) is 1. The Kier molecular flexibility index (Phi) is 5.38. The Morgan fingerprint density at radius 1 is 1.38 bits per heavy atom. The van der Waals surface area contributed by atoms with E-state index in [1.165, 1.54) is 12.1 Å². The zero-order valence-corrected chi connectivity index (χ0v) is 12.8. The zero-order chi connectivity index (χ0) is 15.5. The van der Waals surface area contributed by atoms with E-state index in [9.17, 15) is 13.2 Å². The fraction of sp³-hybridized carbons (Fsp3) is 0.600. The molecule has 0 aliphatic carbocycles. The van der Waals surface area contributed by atoms with Crippen LogP contribution in [0.3, 0.4) is 0 Å². The van der Waals surface area contributed by atoms with Crippen molar-refractivity contribution in [2.75, 3.05) is 24.5 Å². The molecule has 1 aliphatic heterocycles. The van der Waals surface area contributed by atoms with Crippen LogP contribution < -0.4 is 10.2 Å². The minimum Gasteiger partial charge on any atom is -0.369 e. The molecule has 1 fully saturated rings. The topological polar surface area (TPSA) is 15.3 Å². The van der Waals surface area contributed by atoms with Gasteiger partial charge in [0.2, 0.25) is 0 Å². The molecule has 1 N–H and O–H groups in total. The van der Waals surface area contributed by atoms with Crippen LogP contribution in [0.4, 0.5) is 18.9 Å². The number of hydrogen-bond acceptors (Lipinski definition) is 2. The lowest BCUT2D eigenvalue weighted by Crippen LogP contribution is -2.46. The molecule has 0 aromatic heterocycles. The van der Waals surface area contributed by atoms with Gasteiger partial charge in [-0.2, -0.15) is 13.2 Å². The number of alkyl halides is 3. The first-order valence-corrected chi connectivity index (χ1v) is 7.64. The van der Waals surface area contributed by atoms with Gasteiger partial charge in [-0.15, -0.1) is 0 Å². The Bertz CT molecular complexity index is 476. The van der Waals surface area contributed by atoms with E-state index in [1.807, 2.05) is 4.90 Å². The average molecular weight is 321 g/mol. The fourth-order valence-corrected chi connectivity index (χ4v) is 2.89. The van der Waals surface area contributed by atoms with E-state index in [2.05, 4.69) is 12.2 Å². The highest BCUT2D eigenvalue weighted by molar-refractivity contribution is 6.30. The number of nitrogens with zero attached hydrogens (tertiary/aromatic N) is 1. The molecule has 0 bridgehead atoms. The van der Waals surface area contributed by atoms with Gasteiger partial charge in [-0.3, -0.25) is 0 Å². The van der Waals surface area contributed by atoms with Crippen molar-refractivity contribution < 1.29 is 13.2 Å². The van der Waals surface area contributed by atoms with Gasteiger partial charge in [0, 0.05) is 29.8 Å². The van der Waals surface area contributed by atoms with Crippen molar-refractivity contribution in [3.05, 3.63) is 28.8 Å². The SMILES string of the molecule is CCCNC1CCCN(c2ccc(Cl)cc2C(F)(F)F)C1. The van der Waals surface area contributed by atoms with Crippen LogP contribution in [-0.4, -0.2) is 25.7 Å². The summed E-state index contributed by atoms with van der Waals surface area (Å²) in [6.45, 7) is 4.22. The number of halogens is 4. The molecule has 1 aromatic rings. The molecule has 1 unspecified atom stereocenters. The largest absolute Gasteiger partial charge is 0.418 e. The van der Waals surface area contributed by atoms with Crippen LogP contribution >= 0.6 is 11.6 Å². The normalized spacial score (nSPS) is 19.9. The maximum atomic E-state index is 13.2. The minimum absolute atomic E-state index is 0.115. The van der Waals surface area contributed by atoms with Crippen LogP contribution in [-0.2, 0) is 6.18 Å². The van der Waals surface area contributed by atoms with Crippen molar-refractivity contribution in [2.24, 2.45) is 0 Å². The summed E-state index contributed by atoms with van der Waals surface area (Å²) in [5.41, 5.74) is -0.416. The van der Waals surface area contributed by atoms with Gasteiger partial charge in [0.1, 0.15) is 0 Å². The predicted octanol–water partition coefficient (Wildman–Crippen LogP) is 4.33. The first-order valence-electron chi connectivity index (χ1n) is 7.27. The van der Waals surface area contributed by atoms with E-state index in [0.717, 1.165) is 31.9 Å². The molecule has 21 heavy (non-hydrogen) atoms. The molecule has 2 nitrogen and oxygen atoms in total. The van der Waals surface area contributed by atoms with E-state index >= 15 is 0 Å². The third-order valence-corrected chi connectivity index (χ3v) is 3.94. The van der Waals surface area contributed by atoms with E-state index in [0.29, 0.717) is 13.1 Å². The summed E-state index contributed by atoms with van der Waals surface area (Å²) in [7, 11) is 0. The lowest BCUT2D eigenvalue weighted by Gasteiger charge is -2.36. The highest BCUT2D eigenvalue weighted by atomic mass is 35.5. The molecule has 1 saturated heterocycles. The molecule has 0 spiro atoms. The van der Waals surface area contributed by atoms with Gasteiger partial charge in [-0.1, -0.05) is 18.5 Å². The third kappa shape index (κ3) is 4.27. The van der Waals surface area contributed by atoms with Crippen LogP contribution in [0.5, 0.6) is 0 Å². The third-order valence-electron chi connectivity index (χ3n) is 3.71. The Labute approximate surface area is 128 Å². The summed E-state index contributed by atoms with van der Waals surface area (Å²) in [5, 5.41) is 3.51. The van der Waals surface area contributed by atoms with Crippen molar-refractivity contribution in [3.63, 3.8) is 0 Å². The Morgan fingerprint density at radius 3 is 2.81 bits per heavy atom. The van der Waals surface area contributed by atoms with E-state index < -0.39 is 11.7 Å². The number of nitrogens with one attached hydrogen (secondary N) is 1. The Morgan fingerprint density at radius 2 is 2.14 bits per heavy atom. The van der Waals surface area contributed by atoms with Gasteiger partial charge in [0.25, 0.3) is 0 Å². The first-order chi connectivity index (χ1) is 9.91. The number of anilines is 1. The summed E-state index contributed by atoms with van der Waals surface area (Å²) >= 11 is 5.73. The number of piperidine rings is 1. The smallest absolute Gasteiger partial charge is 0.369 e. The second-order valence-corrected chi connectivity index (χ2v) is 5.83. The summed E-state index contributed by atoms with van der Waals surface area (Å²) < 4.78 is 39.5. The van der Waals surface area contributed by atoms with Crippen LogP contribution in [0.15, 0.2) is 18.2 Å². The summed E-state index contributed by atoms with van der Waals surface area (Å²) in [6, 6.07) is 4.26. The number of benzene rings is 1. The van der Waals surface area contributed by atoms with E-state index in [4.69, 9.17) is 11.6 Å². The molecule has 1 heterocycles. The number of rotatable bonds is 4. The predicted molar refractivity (Wildman–Crippen MR) is 80.0 cm³/mol. The maximum absolute atomic E-state index is 13.2. The van der Waals surface area contributed by atoms with Gasteiger partial charge in [0.15, 0.2) is 0 Å². The molecule has 2 rings (SSSR count). The summed E-state index contributed by atoms with van der Waals surface area (Å²) in [4.78, 5) is 1.82. The average Bonchev–Trinajstić information content (AvgIpc) is 2.44. The molecule has 6 heteroatoms. The second-order valence-electron chi connectivity index (χ2n) is 5.40. The van der Waals surface area contributed by atoms with Crippen LogP contribution in [0.25, 0.3) is 0 Å². The van der Waals surface area contributed by atoms with Crippen molar-refractivity contribution >= 4 is 17.3 Å². The lowest BCUT2D eigenvalue weighted by atomic mass is 10.0. The maximum Gasteiger partial charge on any atom is 0.418 e. The van der Waals surface area contributed by atoms with Crippen LogP contribution in [0.1, 0.15) is 31.7 Å². The highest BCUT2D eigenvalue weighted by Gasteiger charge is 2.36. The second kappa shape index (κ2) is 6.88. The Hall–Kier alpha value is -0.940. The van der Waals surface area contributed by atoms with Gasteiger partial charge < -0.3 is 10.2 Å². The van der Waals surface area contributed by atoms with E-state index in [-0.39, 0.29) is 16.8 Å². The fourth-order valence-electron chi connectivity index (χ4n) is 2.72. The zero-order valence-electron chi connectivity index (χ0n) is 12.0. The van der Waals surface area contributed by atoms with Crippen LogP contribution in [0.2, 0.25) is 5.02 Å². The molecule has 1 aliphatic rings. The standard InChI is InChI=1S/C15H20ClF3N2/c1-2-7-20-12-4-3-8-21(10-12)14-6-5-11(16)9-13(14)15(17,18)19/h5-6,9,12,20H,2-4,7-8,10H2,1H3. The van der Waals surface area contributed by atoms with Crippen molar-refractivity contribution in [1.82, 2.24) is 5.32 Å². The monoisotopic (exact) mass is 320 g/mol. The molecular weight excluding hydrogens is 301 g/mol. The minimum atomic E-state index is -4.38. The Balaban J connectivity index is 2.21. The molecular formula is C15H20ClF3N2. The van der Waals surface area contributed by atoms with Gasteiger partial charge in [0.05, 0.1) is 5.56 Å². The molecule has 1 atom stereocenters. The summed E-state index contributed by atoms with van der Waals surface area (Å²) in [6.07, 6.45) is -1.47. The van der Waals surface area contributed by atoms with Gasteiger partial charge >= 0.3 is 6.18 Å². The molecule has 0 saturated carbocycles. The van der Waals surface area contributed by atoms with Gasteiger partial charge in [-0.25, -0.2) is 0 Å². The van der Waals surface area contributed by atoms with E-state index in [1.54, 1.807) is 0 Å². The molecule has 0 amide bonds. The van der Waals surface area contributed by atoms with Crippen molar-refractivity contribution in [2.45, 2.75) is 38.4 Å². The molecule has 0 radical (unpaired) electrons. The molecule has 1 aromatic carbocycles. The highest BCUT2D eigenvalue weighted by Crippen LogP contribution is 2.38. The quantitative estimate of drug-likeness (QED) is 0.888.